The smallest absolute Gasteiger partial charge is 0.264 e. The van der Waals surface area contributed by atoms with Gasteiger partial charge in [0.2, 0.25) is 0 Å². The SMILES string of the molecule is Cc1cccc(COc2ccc(/C=C/C(/C=C/c3ccccn3)=N/OCn3cnc4ccc(Cl)cc4c3=O)cc2)c1. The lowest BCUT2D eigenvalue weighted by molar-refractivity contribution is 0.0816. The van der Waals surface area contributed by atoms with E-state index in [0.29, 0.717) is 28.2 Å². The quantitative estimate of drug-likeness (QED) is 0.134. The van der Waals surface area contributed by atoms with Crippen molar-refractivity contribution < 1.29 is 9.57 Å². The highest BCUT2D eigenvalue weighted by atomic mass is 35.5. The average molecular weight is 563 g/mol. The summed E-state index contributed by atoms with van der Waals surface area (Å²) in [5.74, 6) is 0.784. The molecule has 0 amide bonds. The summed E-state index contributed by atoms with van der Waals surface area (Å²) in [7, 11) is 0. The van der Waals surface area contributed by atoms with Crippen LogP contribution >= 0.6 is 11.6 Å². The number of ether oxygens (including phenoxy) is 1. The van der Waals surface area contributed by atoms with Crippen molar-refractivity contribution in [3.63, 3.8) is 0 Å². The van der Waals surface area contributed by atoms with E-state index in [1.807, 2.05) is 72.8 Å². The fourth-order valence-corrected chi connectivity index (χ4v) is 4.15. The first kappa shape index (κ1) is 27.6. The Morgan fingerprint density at radius 2 is 1.80 bits per heavy atom. The van der Waals surface area contributed by atoms with E-state index in [9.17, 15) is 4.79 Å². The Bertz CT molecular complexity index is 1780. The zero-order chi connectivity index (χ0) is 28.4. The van der Waals surface area contributed by atoms with Crippen molar-refractivity contribution in [2.45, 2.75) is 20.3 Å². The summed E-state index contributed by atoms with van der Waals surface area (Å²) < 4.78 is 7.26. The minimum absolute atomic E-state index is 0.115. The molecule has 0 atom stereocenters. The molecular weight excluding hydrogens is 536 g/mol. The van der Waals surface area contributed by atoms with Gasteiger partial charge in [0.15, 0.2) is 6.73 Å². The predicted molar refractivity (Wildman–Crippen MR) is 164 cm³/mol. The molecule has 0 saturated carbocycles. The van der Waals surface area contributed by atoms with Gasteiger partial charge in [0, 0.05) is 11.2 Å². The monoisotopic (exact) mass is 562 g/mol. The lowest BCUT2D eigenvalue weighted by Crippen LogP contribution is -2.21. The molecule has 5 rings (SSSR count). The number of aryl methyl sites for hydroxylation is 1. The summed E-state index contributed by atoms with van der Waals surface area (Å²) in [6.07, 6.45) is 10.5. The predicted octanol–water partition coefficient (Wildman–Crippen LogP) is 7.09. The Labute approximate surface area is 242 Å². The van der Waals surface area contributed by atoms with E-state index >= 15 is 0 Å². The van der Waals surface area contributed by atoms with Crippen LogP contribution in [0.25, 0.3) is 23.1 Å². The molecule has 204 valence electrons. The lowest BCUT2D eigenvalue weighted by atomic mass is 10.1. The first-order valence-electron chi connectivity index (χ1n) is 12.9. The number of allylic oxidation sites excluding steroid dienone is 2. The van der Waals surface area contributed by atoms with E-state index in [-0.39, 0.29) is 12.3 Å². The van der Waals surface area contributed by atoms with Gasteiger partial charge >= 0.3 is 0 Å². The van der Waals surface area contributed by atoms with E-state index < -0.39 is 0 Å². The second-order valence-electron chi connectivity index (χ2n) is 9.22. The Morgan fingerprint density at radius 3 is 2.61 bits per heavy atom. The highest BCUT2D eigenvalue weighted by Crippen LogP contribution is 2.16. The van der Waals surface area contributed by atoms with Crippen LogP contribution in [0.5, 0.6) is 5.75 Å². The number of aromatic nitrogens is 3. The fraction of sp³-hybridized carbons (Fsp3) is 0.0909. The van der Waals surface area contributed by atoms with Gasteiger partial charge in [0.25, 0.3) is 5.56 Å². The van der Waals surface area contributed by atoms with Crippen molar-refractivity contribution in [1.29, 1.82) is 0 Å². The second-order valence-corrected chi connectivity index (χ2v) is 9.66. The van der Waals surface area contributed by atoms with Gasteiger partial charge in [-0.2, -0.15) is 0 Å². The van der Waals surface area contributed by atoms with Crippen LogP contribution in [0.15, 0.2) is 120 Å². The number of benzene rings is 3. The Balaban J connectivity index is 1.29. The minimum atomic E-state index is -0.265. The van der Waals surface area contributed by atoms with Gasteiger partial charge in [-0.1, -0.05) is 70.9 Å². The van der Waals surface area contributed by atoms with Crippen LogP contribution in [0.1, 0.15) is 22.4 Å². The maximum atomic E-state index is 12.8. The zero-order valence-electron chi connectivity index (χ0n) is 22.4. The van der Waals surface area contributed by atoms with Crippen molar-refractivity contribution >= 4 is 40.4 Å². The lowest BCUT2D eigenvalue weighted by Gasteiger charge is -2.07. The third-order valence-electron chi connectivity index (χ3n) is 6.08. The summed E-state index contributed by atoms with van der Waals surface area (Å²) in [6, 6.07) is 26.7. The van der Waals surface area contributed by atoms with Crippen LogP contribution in [0, 0.1) is 6.92 Å². The van der Waals surface area contributed by atoms with Gasteiger partial charge < -0.3 is 9.57 Å². The Morgan fingerprint density at radius 1 is 0.951 bits per heavy atom. The second kappa shape index (κ2) is 13.4. The van der Waals surface area contributed by atoms with Crippen LogP contribution in [0.3, 0.4) is 0 Å². The molecule has 5 aromatic rings. The largest absolute Gasteiger partial charge is 0.489 e. The molecule has 0 aliphatic heterocycles. The van der Waals surface area contributed by atoms with Gasteiger partial charge in [-0.15, -0.1) is 0 Å². The van der Waals surface area contributed by atoms with Crippen molar-refractivity contribution in [3.05, 3.63) is 147 Å². The van der Waals surface area contributed by atoms with Crippen molar-refractivity contribution in [2.24, 2.45) is 5.16 Å². The maximum Gasteiger partial charge on any atom is 0.264 e. The van der Waals surface area contributed by atoms with Gasteiger partial charge in [-0.3, -0.25) is 14.3 Å². The number of nitrogens with zero attached hydrogens (tertiary/aromatic N) is 4. The summed E-state index contributed by atoms with van der Waals surface area (Å²) in [4.78, 5) is 27.0. The van der Waals surface area contributed by atoms with Gasteiger partial charge in [0.1, 0.15) is 24.4 Å². The number of hydrogen-bond acceptors (Lipinski definition) is 6. The molecule has 0 saturated heterocycles. The minimum Gasteiger partial charge on any atom is -0.489 e. The molecule has 41 heavy (non-hydrogen) atoms. The number of halogens is 1. The molecule has 7 nitrogen and oxygen atoms in total. The van der Waals surface area contributed by atoms with Crippen LogP contribution in [-0.2, 0) is 18.2 Å². The molecule has 3 aromatic carbocycles. The number of pyridine rings is 1. The van der Waals surface area contributed by atoms with Crippen LogP contribution in [-0.4, -0.2) is 20.2 Å². The summed E-state index contributed by atoms with van der Waals surface area (Å²) in [6.45, 7) is 2.46. The van der Waals surface area contributed by atoms with E-state index in [1.54, 1.807) is 30.5 Å². The molecule has 8 heteroatoms. The Hall–Kier alpha value is -5.01. The van der Waals surface area contributed by atoms with E-state index in [1.165, 1.54) is 16.5 Å². The van der Waals surface area contributed by atoms with E-state index in [0.717, 1.165) is 22.6 Å². The van der Waals surface area contributed by atoms with Gasteiger partial charge in [0.05, 0.1) is 16.6 Å². The molecule has 0 spiro atoms. The summed E-state index contributed by atoms with van der Waals surface area (Å²) in [5.41, 5.74) is 4.89. The Kier molecular flexibility index (Phi) is 8.98. The normalized spacial score (nSPS) is 11.9. The van der Waals surface area contributed by atoms with Crippen LogP contribution in [0.2, 0.25) is 5.02 Å². The van der Waals surface area contributed by atoms with Gasteiger partial charge in [-0.05, 0) is 78.7 Å². The first-order chi connectivity index (χ1) is 20.0. The molecule has 0 N–H and O–H groups in total. The third kappa shape index (κ3) is 7.77. The number of rotatable bonds is 10. The van der Waals surface area contributed by atoms with Crippen LogP contribution < -0.4 is 10.3 Å². The van der Waals surface area contributed by atoms with E-state index in [2.05, 4.69) is 34.2 Å². The highest BCUT2D eigenvalue weighted by Gasteiger charge is 2.05. The molecule has 0 aliphatic carbocycles. The number of fused-ring (bicyclic) bond motifs is 1. The summed E-state index contributed by atoms with van der Waals surface area (Å²) in [5, 5.41) is 5.13. The highest BCUT2D eigenvalue weighted by molar-refractivity contribution is 6.31. The molecule has 2 heterocycles. The van der Waals surface area contributed by atoms with Crippen molar-refractivity contribution in [1.82, 2.24) is 14.5 Å². The molecule has 2 aromatic heterocycles. The standard InChI is InChI=1S/C33H27ClN4O3/c1-24-5-4-6-26(19-24)21-40-30-15-9-25(10-16-30)8-12-29(14-13-28-7-2-3-18-35-28)37-41-23-38-22-36-32-17-11-27(34)20-31(32)33(38)39/h2-20,22H,21,23H2,1H3/b12-8+,14-13+,37-29-. The third-order valence-corrected chi connectivity index (χ3v) is 6.32. The molecule has 0 unspecified atom stereocenters. The zero-order valence-corrected chi connectivity index (χ0v) is 23.1. The van der Waals surface area contributed by atoms with Crippen LogP contribution in [0.4, 0.5) is 0 Å². The topological polar surface area (TPSA) is 78.6 Å². The van der Waals surface area contributed by atoms with Crippen molar-refractivity contribution in [3.8, 4) is 5.75 Å². The van der Waals surface area contributed by atoms with Crippen molar-refractivity contribution in [2.75, 3.05) is 0 Å². The maximum absolute atomic E-state index is 12.8. The molecule has 0 bridgehead atoms. The molecular formula is C33H27ClN4O3. The number of hydrogen-bond donors (Lipinski definition) is 0. The molecule has 0 aliphatic rings. The average Bonchev–Trinajstić information content (AvgIpc) is 2.99. The molecule has 0 fully saturated rings. The number of oxime groups is 1. The summed E-state index contributed by atoms with van der Waals surface area (Å²) >= 11 is 6.06. The van der Waals surface area contributed by atoms with E-state index in [4.69, 9.17) is 21.2 Å². The first-order valence-corrected chi connectivity index (χ1v) is 13.3. The molecule has 0 radical (unpaired) electrons. The fourth-order valence-electron chi connectivity index (χ4n) is 3.98. The van der Waals surface area contributed by atoms with Gasteiger partial charge in [-0.25, -0.2) is 4.98 Å².